The van der Waals surface area contributed by atoms with Gasteiger partial charge in [-0.3, -0.25) is 0 Å². The van der Waals surface area contributed by atoms with Crippen LogP contribution < -0.4 is 10.1 Å². The predicted octanol–water partition coefficient (Wildman–Crippen LogP) is 6.78. The van der Waals surface area contributed by atoms with E-state index < -0.39 is 17.5 Å². The molecule has 2 saturated carbocycles. The number of aliphatic carboxylic acids is 1. The molecule has 0 radical (unpaired) electrons. The van der Waals surface area contributed by atoms with Crippen LogP contribution in [-0.2, 0) is 9.53 Å². The van der Waals surface area contributed by atoms with Crippen LogP contribution in [0.2, 0.25) is 5.02 Å². The number of carbonyl (C=O) groups excluding carboxylic acids is 1. The minimum absolute atomic E-state index is 0.213. The summed E-state index contributed by atoms with van der Waals surface area (Å²) >= 11 is 6.14. The van der Waals surface area contributed by atoms with Crippen LogP contribution in [0.4, 0.5) is 4.79 Å². The number of nitrogens with one attached hydrogen (secondary N) is 1. The van der Waals surface area contributed by atoms with E-state index in [2.05, 4.69) is 17.4 Å². The second kappa shape index (κ2) is 12.0. The smallest absolute Gasteiger partial charge is 0.329 e. The van der Waals surface area contributed by atoms with Gasteiger partial charge in [-0.15, -0.1) is 0 Å². The van der Waals surface area contributed by atoms with Crippen molar-refractivity contribution >= 4 is 23.6 Å². The normalized spacial score (nSPS) is 17.7. The summed E-state index contributed by atoms with van der Waals surface area (Å²) in [6.45, 7) is 9.09. The maximum Gasteiger partial charge on any atom is 0.329 e. The second-order valence-electron chi connectivity index (χ2n) is 10.5. The van der Waals surface area contributed by atoms with Crippen LogP contribution in [0.1, 0.15) is 93.2 Å². The van der Waals surface area contributed by atoms with Crippen LogP contribution in [0.15, 0.2) is 36.4 Å². The summed E-state index contributed by atoms with van der Waals surface area (Å²) in [6.07, 6.45) is 3.77. The molecule has 7 nitrogen and oxygen atoms in total. The largest absolute Gasteiger partial charge is 0.493 e. The first-order valence-corrected chi connectivity index (χ1v) is 14.0. The summed E-state index contributed by atoms with van der Waals surface area (Å²) in [5, 5.41) is 13.3. The standard InChI is InChI=1S/C30H39ClN2O5/c1-5-37-27-19(2)25(12-13-26(27)22-10-11-22)20(3)33(29(36)32-30(28(34)35)14-7-15-30)16-17-38-21(4)23-8-6-9-24(31)18-23/h6,8-9,12-13,18,20-22H,5,7,10-11,14-17H2,1-4H3,(H,32,36)(H,34,35)/t20-,21-/m1/s1. The molecule has 0 aliphatic heterocycles. The fourth-order valence-corrected chi connectivity index (χ4v) is 5.45. The first-order valence-electron chi connectivity index (χ1n) is 13.6. The Morgan fingerprint density at radius 2 is 1.95 bits per heavy atom. The molecule has 2 fully saturated rings. The lowest BCUT2D eigenvalue weighted by Gasteiger charge is -2.41. The van der Waals surface area contributed by atoms with Crippen molar-refractivity contribution in [3.63, 3.8) is 0 Å². The van der Waals surface area contributed by atoms with Crippen LogP contribution in [0.3, 0.4) is 0 Å². The van der Waals surface area contributed by atoms with Gasteiger partial charge in [0.2, 0.25) is 0 Å². The molecule has 2 atom stereocenters. The number of hydrogen-bond donors (Lipinski definition) is 2. The molecule has 0 heterocycles. The number of ether oxygens (including phenoxy) is 2. The number of carbonyl (C=O) groups is 2. The van der Waals surface area contributed by atoms with Gasteiger partial charge in [-0.2, -0.15) is 0 Å². The minimum atomic E-state index is -1.20. The van der Waals surface area contributed by atoms with Gasteiger partial charge >= 0.3 is 12.0 Å². The zero-order valence-electron chi connectivity index (χ0n) is 22.8. The Morgan fingerprint density at radius 3 is 2.53 bits per heavy atom. The van der Waals surface area contributed by atoms with E-state index in [1.807, 2.05) is 52.0 Å². The lowest BCUT2D eigenvalue weighted by atomic mass is 9.77. The first-order chi connectivity index (χ1) is 18.2. The van der Waals surface area contributed by atoms with E-state index in [9.17, 15) is 14.7 Å². The third-order valence-corrected chi connectivity index (χ3v) is 8.18. The zero-order valence-corrected chi connectivity index (χ0v) is 23.5. The lowest BCUT2D eigenvalue weighted by molar-refractivity contribution is -0.148. The molecule has 206 valence electrons. The monoisotopic (exact) mass is 542 g/mol. The summed E-state index contributed by atoms with van der Waals surface area (Å²) in [7, 11) is 0. The van der Waals surface area contributed by atoms with Crippen molar-refractivity contribution in [1.29, 1.82) is 0 Å². The minimum Gasteiger partial charge on any atom is -0.493 e. The number of carboxylic acids is 1. The number of amides is 2. The number of nitrogens with zero attached hydrogens (tertiary/aromatic N) is 1. The van der Waals surface area contributed by atoms with Gasteiger partial charge in [0.25, 0.3) is 0 Å². The average molecular weight is 543 g/mol. The molecule has 8 heteroatoms. The third kappa shape index (κ3) is 6.10. The van der Waals surface area contributed by atoms with Crippen molar-refractivity contribution < 1.29 is 24.2 Å². The number of benzene rings is 2. The third-order valence-electron chi connectivity index (χ3n) is 7.94. The van der Waals surface area contributed by atoms with Crippen molar-refractivity contribution in [2.75, 3.05) is 19.8 Å². The van der Waals surface area contributed by atoms with Gasteiger partial charge in [0.15, 0.2) is 0 Å². The molecule has 4 rings (SSSR count). The van der Waals surface area contributed by atoms with Gasteiger partial charge in [0.1, 0.15) is 11.3 Å². The van der Waals surface area contributed by atoms with E-state index in [-0.39, 0.29) is 18.8 Å². The Morgan fingerprint density at radius 1 is 1.21 bits per heavy atom. The number of rotatable bonds is 12. The highest BCUT2D eigenvalue weighted by atomic mass is 35.5. The molecule has 2 aromatic carbocycles. The van der Waals surface area contributed by atoms with Crippen molar-refractivity contribution in [3.05, 3.63) is 63.7 Å². The van der Waals surface area contributed by atoms with E-state index in [1.165, 1.54) is 18.4 Å². The molecular weight excluding hydrogens is 504 g/mol. The molecule has 0 saturated heterocycles. The number of halogens is 1. The lowest BCUT2D eigenvalue weighted by Crippen LogP contribution is -2.62. The van der Waals surface area contributed by atoms with Crippen LogP contribution in [0.25, 0.3) is 0 Å². The predicted molar refractivity (Wildman–Crippen MR) is 148 cm³/mol. The van der Waals surface area contributed by atoms with E-state index in [0.717, 1.165) is 28.9 Å². The quantitative estimate of drug-likeness (QED) is 0.308. The Kier molecular flexibility index (Phi) is 8.89. The molecule has 38 heavy (non-hydrogen) atoms. The topological polar surface area (TPSA) is 88.1 Å². The van der Waals surface area contributed by atoms with Gasteiger partial charge in [-0.1, -0.05) is 35.9 Å². The van der Waals surface area contributed by atoms with Crippen molar-refractivity contribution in [2.24, 2.45) is 0 Å². The maximum absolute atomic E-state index is 13.6. The van der Waals surface area contributed by atoms with Gasteiger partial charge in [-0.25, -0.2) is 9.59 Å². The van der Waals surface area contributed by atoms with Gasteiger partial charge in [0, 0.05) is 11.6 Å². The van der Waals surface area contributed by atoms with E-state index in [4.69, 9.17) is 21.1 Å². The highest BCUT2D eigenvalue weighted by molar-refractivity contribution is 6.30. The number of hydrogen-bond acceptors (Lipinski definition) is 4. The Labute approximate surface area is 230 Å². The number of carboxylic acid groups (broad SMARTS) is 1. The number of urea groups is 1. The summed E-state index contributed by atoms with van der Waals surface area (Å²) in [5.74, 6) is 0.458. The summed E-state index contributed by atoms with van der Waals surface area (Å²) in [6, 6.07) is 11.0. The highest BCUT2D eigenvalue weighted by Crippen LogP contribution is 2.47. The molecule has 2 amide bonds. The van der Waals surface area contributed by atoms with Crippen LogP contribution in [-0.4, -0.2) is 47.3 Å². The van der Waals surface area contributed by atoms with E-state index in [1.54, 1.807) is 4.90 Å². The Balaban J connectivity index is 1.56. The van der Waals surface area contributed by atoms with Crippen molar-refractivity contribution in [3.8, 4) is 5.75 Å². The van der Waals surface area contributed by atoms with Crippen molar-refractivity contribution in [1.82, 2.24) is 10.2 Å². The maximum atomic E-state index is 13.6. The molecule has 0 aromatic heterocycles. The molecular formula is C30H39ClN2O5. The summed E-state index contributed by atoms with van der Waals surface area (Å²) in [4.78, 5) is 27.3. The van der Waals surface area contributed by atoms with E-state index in [0.29, 0.717) is 36.9 Å². The van der Waals surface area contributed by atoms with E-state index >= 15 is 0 Å². The molecule has 2 N–H and O–H groups in total. The fraction of sp³-hybridized carbons (Fsp3) is 0.533. The second-order valence-corrected chi connectivity index (χ2v) is 11.0. The van der Waals surface area contributed by atoms with Gasteiger partial charge < -0.3 is 24.8 Å². The van der Waals surface area contributed by atoms with Crippen LogP contribution in [0, 0.1) is 6.92 Å². The highest BCUT2D eigenvalue weighted by Gasteiger charge is 2.46. The zero-order chi connectivity index (χ0) is 27.4. The SMILES string of the molecule is CCOc1c(C2CC2)ccc([C@@H](C)N(CCO[C@H](C)c2cccc(Cl)c2)C(=O)NC2(C(=O)O)CCC2)c1C. The first kappa shape index (κ1) is 28.2. The molecule has 2 aliphatic rings. The molecule has 0 unspecified atom stereocenters. The molecule has 2 aliphatic carbocycles. The molecule has 2 aromatic rings. The van der Waals surface area contributed by atoms with Gasteiger partial charge in [-0.05, 0) is 100 Å². The average Bonchev–Trinajstić information content (AvgIpc) is 3.70. The summed E-state index contributed by atoms with van der Waals surface area (Å²) < 4.78 is 12.2. The Bertz CT molecular complexity index is 1160. The van der Waals surface area contributed by atoms with Crippen molar-refractivity contribution in [2.45, 2.75) is 83.4 Å². The fourth-order valence-electron chi connectivity index (χ4n) is 5.25. The van der Waals surface area contributed by atoms with Gasteiger partial charge in [0.05, 0.1) is 25.4 Å². The molecule has 0 spiro atoms. The molecule has 0 bridgehead atoms. The van der Waals surface area contributed by atoms with Crippen LogP contribution >= 0.6 is 11.6 Å². The summed E-state index contributed by atoms with van der Waals surface area (Å²) in [5.41, 5.74) is 2.98. The van der Waals surface area contributed by atoms with Crippen LogP contribution in [0.5, 0.6) is 5.75 Å². The Hall–Kier alpha value is -2.77.